The van der Waals surface area contributed by atoms with Crippen LogP contribution in [0.5, 0.6) is 0 Å². The molecule has 6 heteroatoms. The molecule has 0 saturated carbocycles. The Morgan fingerprint density at radius 3 is 1.81 bits per heavy atom. The topological polar surface area (TPSA) is 26.8 Å². The number of hydrogen-bond acceptors (Lipinski definition) is 4. The second-order valence-electron chi connectivity index (χ2n) is 7.73. The maximum absolute atomic E-state index is 12.9. The summed E-state index contributed by atoms with van der Waals surface area (Å²) in [4.78, 5) is 20.2. The lowest BCUT2D eigenvalue weighted by Crippen LogP contribution is -3.00. The molecule has 4 saturated heterocycles. The van der Waals surface area contributed by atoms with Crippen molar-refractivity contribution in [1.29, 1.82) is 0 Å². The van der Waals surface area contributed by atoms with Gasteiger partial charge in [0, 0.05) is 5.56 Å². The third-order valence-corrected chi connectivity index (χ3v) is 5.49. The highest BCUT2D eigenvalue weighted by Crippen LogP contribution is 2.29. The fraction of sp³-hybridized carbons (Fsp3) is 0.350. The quantitative estimate of drug-likeness (QED) is 0.476. The number of hydrogen-bond donors (Lipinski definition) is 0. The average molecular weight is 415 g/mol. The molecule has 0 N–H and O–H groups in total. The molecule has 0 aliphatic carbocycles. The van der Waals surface area contributed by atoms with E-state index in [9.17, 15) is 4.79 Å². The van der Waals surface area contributed by atoms with Crippen molar-refractivity contribution in [2.45, 2.75) is 0 Å². The van der Waals surface area contributed by atoms with Crippen molar-refractivity contribution in [2.24, 2.45) is 0 Å². The first-order valence-electron chi connectivity index (χ1n) is 8.90. The van der Waals surface area contributed by atoms with Crippen molar-refractivity contribution in [2.75, 3.05) is 46.6 Å². The summed E-state index contributed by atoms with van der Waals surface area (Å²) in [5.74, 6) is 0.255. The summed E-state index contributed by atoms with van der Waals surface area (Å²) < 4.78 is 0.860. The highest BCUT2D eigenvalue weighted by molar-refractivity contribution is 5.97. The van der Waals surface area contributed by atoms with Gasteiger partial charge in [-0.3, -0.25) is 9.28 Å². The van der Waals surface area contributed by atoms with Gasteiger partial charge in [-0.05, 0) is 11.1 Å². The minimum Gasteiger partial charge on any atom is -1.00 e. The minimum absolute atomic E-state index is 0. The fourth-order valence-corrected chi connectivity index (χ4v) is 4.68. The summed E-state index contributed by atoms with van der Waals surface area (Å²) in [6, 6.07) is 18.4. The molecule has 0 atom stereocenters. The maximum atomic E-state index is 12.9. The maximum Gasteiger partial charge on any atom is 0.217 e. The second-order valence-corrected chi connectivity index (χ2v) is 7.73. The van der Waals surface area contributed by atoms with Crippen LogP contribution >= 0.6 is 0 Å². The zero-order chi connectivity index (χ0) is 16.9. The predicted octanol–water partition coefficient (Wildman–Crippen LogP) is -0.951. The molecule has 4 bridgehead atoms. The Hall–Kier alpha value is -1.57. The molecule has 0 spiro atoms. The Morgan fingerprint density at radius 1 is 0.769 bits per heavy atom. The number of nitrogens with zero attached hydrogens (tertiary/aromatic N) is 4. The van der Waals surface area contributed by atoms with Crippen LogP contribution in [-0.2, 0) is 0 Å². The van der Waals surface area contributed by atoms with E-state index in [4.69, 9.17) is 0 Å². The van der Waals surface area contributed by atoms with Crippen LogP contribution in [0.4, 0.5) is 0 Å². The van der Waals surface area contributed by atoms with Crippen molar-refractivity contribution in [3.05, 3.63) is 60.2 Å². The first-order valence-corrected chi connectivity index (χ1v) is 8.90. The van der Waals surface area contributed by atoms with Gasteiger partial charge >= 0.3 is 0 Å². The molecule has 4 aliphatic rings. The van der Waals surface area contributed by atoms with Gasteiger partial charge in [-0.25, -0.2) is 14.7 Å². The van der Waals surface area contributed by atoms with Gasteiger partial charge in [0.05, 0.1) is 20.0 Å². The van der Waals surface area contributed by atoms with E-state index in [1.807, 2.05) is 30.3 Å². The summed E-state index contributed by atoms with van der Waals surface area (Å²) in [6.45, 7) is 6.75. The third-order valence-electron chi connectivity index (χ3n) is 5.49. The highest BCUT2D eigenvalue weighted by atomic mass is 79.9. The molecule has 4 heterocycles. The van der Waals surface area contributed by atoms with Crippen molar-refractivity contribution >= 4 is 5.78 Å². The summed E-state index contributed by atoms with van der Waals surface area (Å²) >= 11 is 0. The van der Waals surface area contributed by atoms with Crippen LogP contribution in [0.25, 0.3) is 11.1 Å². The van der Waals surface area contributed by atoms with E-state index < -0.39 is 0 Å². The molecule has 2 aromatic rings. The zero-order valence-electron chi connectivity index (χ0n) is 14.7. The Labute approximate surface area is 164 Å². The van der Waals surface area contributed by atoms with Gasteiger partial charge in [-0.1, -0.05) is 54.6 Å². The highest BCUT2D eigenvalue weighted by Gasteiger charge is 2.49. The standard InChI is InChI=1S/C20H23N4O.BrH/c25-20(10-24-14-21-11-22(15-24)13-23(12-21)16-24)19-8-6-18(7-9-19)17-4-2-1-3-5-17;/h1-9H,10-16H2;1H/q+1;/p-1. The molecule has 6 rings (SSSR count). The van der Waals surface area contributed by atoms with Crippen LogP contribution in [-0.4, -0.2) is 71.5 Å². The number of benzene rings is 2. The van der Waals surface area contributed by atoms with Crippen molar-refractivity contribution < 1.29 is 26.3 Å². The Kier molecular flexibility index (Phi) is 4.71. The number of rotatable bonds is 4. The fourth-order valence-electron chi connectivity index (χ4n) is 4.68. The molecular formula is C20H23BrN4O. The van der Waals surface area contributed by atoms with E-state index in [1.54, 1.807) is 0 Å². The van der Waals surface area contributed by atoms with Gasteiger partial charge in [-0.15, -0.1) is 0 Å². The SMILES string of the molecule is O=C(C[N+]12CN3CN(CN(C3)C1)C2)c1ccc(-c2ccccc2)cc1.[Br-]. The van der Waals surface area contributed by atoms with Crippen molar-refractivity contribution in [3.8, 4) is 11.1 Å². The molecule has 0 radical (unpaired) electrons. The summed E-state index contributed by atoms with van der Waals surface area (Å²) in [6.07, 6.45) is 0. The van der Waals surface area contributed by atoms with E-state index in [0.29, 0.717) is 6.54 Å². The van der Waals surface area contributed by atoms with Gasteiger partial charge in [-0.2, -0.15) is 0 Å². The van der Waals surface area contributed by atoms with Crippen LogP contribution < -0.4 is 17.0 Å². The van der Waals surface area contributed by atoms with E-state index in [0.717, 1.165) is 55.6 Å². The lowest BCUT2D eigenvalue weighted by atomic mass is 10.0. The Balaban J connectivity index is 0.00000168. The van der Waals surface area contributed by atoms with Crippen LogP contribution in [0.3, 0.4) is 0 Å². The number of halogens is 1. The summed E-state index contributed by atoms with van der Waals surface area (Å²) in [5.41, 5.74) is 3.17. The number of ketones is 1. The van der Waals surface area contributed by atoms with Gasteiger partial charge < -0.3 is 17.0 Å². The molecule has 0 aromatic heterocycles. The van der Waals surface area contributed by atoms with E-state index in [1.165, 1.54) is 5.56 Å². The monoisotopic (exact) mass is 414 g/mol. The lowest BCUT2D eigenvalue weighted by Gasteiger charge is -2.60. The van der Waals surface area contributed by atoms with E-state index in [-0.39, 0.29) is 22.8 Å². The molecule has 136 valence electrons. The zero-order valence-corrected chi connectivity index (χ0v) is 16.3. The summed E-state index contributed by atoms with van der Waals surface area (Å²) in [5, 5.41) is 0. The van der Waals surface area contributed by atoms with Crippen molar-refractivity contribution in [3.63, 3.8) is 0 Å². The smallest absolute Gasteiger partial charge is 0.217 e. The summed E-state index contributed by atoms with van der Waals surface area (Å²) in [7, 11) is 0. The second kappa shape index (κ2) is 6.87. The van der Waals surface area contributed by atoms with E-state index >= 15 is 0 Å². The van der Waals surface area contributed by atoms with Crippen molar-refractivity contribution in [1.82, 2.24) is 14.7 Å². The number of carbonyl (C=O) groups is 1. The molecule has 4 aliphatic heterocycles. The van der Waals surface area contributed by atoms with Crippen LogP contribution in [0.1, 0.15) is 10.4 Å². The average Bonchev–Trinajstić information content (AvgIpc) is 2.61. The molecule has 26 heavy (non-hydrogen) atoms. The third kappa shape index (κ3) is 3.23. The first-order chi connectivity index (χ1) is 12.2. The lowest BCUT2D eigenvalue weighted by molar-refractivity contribution is -0.973. The van der Waals surface area contributed by atoms with Crippen LogP contribution in [0.2, 0.25) is 0 Å². The van der Waals surface area contributed by atoms with Crippen LogP contribution in [0, 0.1) is 0 Å². The largest absolute Gasteiger partial charge is 1.00 e. The Morgan fingerprint density at radius 2 is 1.27 bits per heavy atom. The number of carbonyl (C=O) groups excluding carboxylic acids is 1. The first kappa shape index (κ1) is 17.8. The minimum atomic E-state index is 0. The van der Waals surface area contributed by atoms with Gasteiger partial charge in [0.1, 0.15) is 26.6 Å². The molecule has 0 amide bonds. The molecule has 4 fully saturated rings. The number of quaternary nitrogens is 1. The predicted molar refractivity (Wildman–Crippen MR) is 96.1 cm³/mol. The molecular weight excluding hydrogens is 392 g/mol. The number of Topliss-reactive ketones (excluding diaryl/α,β-unsaturated/α-hetero) is 1. The van der Waals surface area contributed by atoms with Crippen LogP contribution in [0.15, 0.2) is 54.6 Å². The molecule has 2 aromatic carbocycles. The normalized spacial score (nSPS) is 31.5. The van der Waals surface area contributed by atoms with E-state index in [2.05, 4.69) is 39.0 Å². The molecule has 5 nitrogen and oxygen atoms in total. The Bertz CT molecular complexity index is 758. The van der Waals surface area contributed by atoms with Gasteiger partial charge in [0.2, 0.25) is 5.78 Å². The molecule has 0 unspecified atom stereocenters. The van der Waals surface area contributed by atoms with Gasteiger partial charge in [0.25, 0.3) is 0 Å². The van der Waals surface area contributed by atoms with Gasteiger partial charge in [0.15, 0.2) is 0 Å².